The zero-order chi connectivity index (χ0) is 26.1. The molecule has 0 aromatic carbocycles. The molecule has 36 heavy (non-hydrogen) atoms. The summed E-state index contributed by atoms with van der Waals surface area (Å²) in [6.07, 6.45) is 1.39. The number of halogens is 4. The van der Waals surface area contributed by atoms with Gasteiger partial charge in [0.15, 0.2) is 11.5 Å². The van der Waals surface area contributed by atoms with Crippen LogP contribution >= 0.6 is 11.6 Å². The number of esters is 1. The van der Waals surface area contributed by atoms with Crippen LogP contribution in [0.3, 0.4) is 0 Å². The molecule has 3 aromatic rings. The van der Waals surface area contributed by atoms with Gasteiger partial charge in [-0.1, -0.05) is 18.0 Å². The first-order chi connectivity index (χ1) is 17.1. The minimum absolute atomic E-state index is 0.000272. The van der Waals surface area contributed by atoms with Crippen LogP contribution in [0.25, 0.3) is 22.6 Å². The Labute approximate surface area is 210 Å². The third-order valence-electron chi connectivity index (χ3n) is 6.18. The molecule has 0 atom stereocenters. The first-order valence-electron chi connectivity index (χ1n) is 11.3. The second-order valence-corrected chi connectivity index (χ2v) is 9.00. The lowest BCUT2D eigenvalue weighted by Crippen LogP contribution is -2.44. The van der Waals surface area contributed by atoms with Crippen molar-refractivity contribution in [2.45, 2.75) is 46.0 Å². The van der Waals surface area contributed by atoms with Crippen LogP contribution in [-0.2, 0) is 22.4 Å². The van der Waals surface area contributed by atoms with Gasteiger partial charge >= 0.3 is 12.1 Å². The van der Waals surface area contributed by atoms with E-state index in [-0.39, 0.29) is 29.1 Å². The lowest BCUT2D eigenvalue weighted by Gasteiger charge is -2.38. The number of alkyl halides is 3. The maximum atomic E-state index is 13.1. The Hall–Kier alpha value is -3.18. The molecule has 192 valence electrons. The Kier molecular flexibility index (Phi) is 7.24. The molecule has 1 aliphatic rings. The number of aliphatic hydroxyl groups excluding tert-OH is 1. The van der Waals surface area contributed by atoms with Crippen LogP contribution < -0.4 is 4.74 Å². The van der Waals surface area contributed by atoms with Gasteiger partial charge < -0.3 is 19.1 Å². The summed E-state index contributed by atoms with van der Waals surface area (Å²) in [5, 5.41) is 9.51. The Morgan fingerprint density at radius 2 is 2.00 bits per heavy atom. The highest BCUT2D eigenvalue weighted by atomic mass is 35.5. The van der Waals surface area contributed by atoms with Gasteiger partial charge in [0.2, 0.25) is 5.88 Å². The summed E-state index contributed by atoms with van der Waals surface area (Å²) in [6, 6.07) is 3.27. The minimum atomic E-state index is -4.68. The van der Waals surface area contributed by atoms with Crippen LogP contribution in [-0.4, -0.2) is 43.8 Å². The van der Waals surface area contributed by atoms with Crippen LogP contribution in [0.2, 0.25) is 5.02 Å². The molecule has 1 N–H and O–H groups in total. The highest BCUT2D eigenvalue weighted by Crippen LogP contribution is 2.42. The van der Waals surface area contributed by atoms with Gasteiger partial charge in [0.25, 0.3) is 0 Å². The van der Waals surface area contributed by atoms with Gasteiger partial charge in [-0.05, 0) is 38.3 Å². The molecule has 0 spiro atoms. The number of aryl methyl sites for hydroxylation is 1. The van der Waals surface area contributed by atoms with Crippen molar-refractivity contribution in [2.24, 2.45) is 5.41 Å². The summed E-state index contributed by atoms with van der Waals surface area (Å²) >= 11 is 6.36. The second kappa shape index (κ2) is 10.1. The van der Waals surface area contributed by atoms with Crippen molar-refractivity contribution in [2.75, 3.05) is 13.2 Å². The maximum absolute atomic E-state index is 13.1. The Morgan fingerprint density at radius 3 is 2.56 bits per heavy atom. The third kappa shape index (κ3) is 5.03. The van der Waals surface area contributed by atoms with Crippen molar-refractivity contribution in [1.82, 2.24) is 19.5 Å². The number of rotatable bonds is 8. The lowest BCUT2D eigenvalue weighted by atomic mass is 9.69. The zero-order valence-electron chi connectivity index (χ0n) is 19.6. The summed E-state index contributed by atoms with van der Waals surface area (Å²) in [5.41, 5.74) is 0.273. The van der Waals surface area contributed by atoms with E-state index < -0.39 is 24.0 Å². The molecule has 0 amide bonds. The van der Waals surface area contributed by atoms with E-state index in [0.717, 1.165) is 16.6 Å². The monoisotopic (exact) mass is 524 g/mol. The molecule has 0 saturated heterocycles. The molecule has 4 rings (SSSR count). The fourth-order valence-corrected chi connectivity index (χ4v) is 4.27. The van der Waals surface area contributed by atoms with Crippen molar-refractivity contribution in [3.05, 3.63) is 47.0 Å². The summed E-state index contributed by atoms with van der Waals surface area (Å²) in [4.78, 5) is 24.4. The molecule has 3 aromatic heterocycles. The quantitative estimate of drug-likeness (QED) is 0.412. The van der Waals surface area contributed by atoms with E-state index in [1.165, 1.54) is 6.20 Å². The van der Waals surface area contributed by atoms with Crippen LogP contribution in [0, 0.1) is 12.3 Å². The largest absolute Gasteiger partial charge is 0.476 e. The van der Waals surface area contributed by atoms with Crippen molar-refractivity contribution in [1.29, 1.82) is 0 Å². The Balaban J connectivity index is 1.54. The molecule has 8 nitrogen and oxygen atoms in total. The van der Waals surface area contributed by atoms with E-state index >= 15 is 0 Å². The van der Waals surface area contributed by atoms with Crippen LogP contribution in [0.5, 0.6) is 5.88 Å². The summed E-state index contributed by atoms with van der Waals surface area (Å²) in [6.45, 7) is 3.37. The number of nitrogens with zero attached hydrogens (tertiary/aromatic N) is 4. The molecular formula is C24H24ClF3N4O4. The summed E-state index contributed by atoms with van der Waals surface area (Å²) < 4.78 is 51.1. The number of pyridine rings is 2. The first-order valence-corrected chi connectivity index (χ1v) is 11.6. The van der Waals surface area contributed by atoms with E-state index in [0.29, 0.717) is 42.7 Å². The highest BCUT2D eigenvalue weighted by molar-refractivity contribution is 6.33. The highest BCUT2D eigenvalue weighted by Gasteiger charge is 2.46. The molecule has 0 bridgehead atoms. The number of hydrogen-bond acceptors (Lipinski definition) is 7. The second-order valence-electron chi connectivity index (χ2n) is 8.59. The van der Waals surface area contributed by atoms with Gasteiger partial charge in [-0.25, -0.2) is 9.97 Å². The molecule has 0 radical (unpaired) electrons. The van der Waals surface area contributed by atoms with E-state index in [1.54, 1.807) is 25.3 Å². The number of aromatic nitrogens is 4. The predicted molar refractivity (Wildman–Crippen MR) is 124 cm³/mol. The van der Waals surface area contributed by atoms with E-state index in [4.69, 9.17) is 21.1 Å². The number of carbonyl (C=O) groups excluding carboxylic acids is 1. The number of imidazole rings is 1. The maximum Gasteiger partial charge on any atom is 0.434 e. The standard InChI is InChI=1S/C24H24ClF3N4O4/c1-3-35-22(34)23(5-4-6-23)12-36-19-7-14(2)16(10-29-19)15-8-17(25)20(30-9-15)21-31-18(24(26,27)28)11-32(21)13-33/h7-11,33H,3-6,12-13H2,1-2H3. The van der Waals surface area contributed by atoms with Gasteiger partial charge in [-0.15, -0.1) is 0 Å². The smallest absolute Gasteiger partial charge is 0.434 e. The predicted octanol–water partition coefficient (Wildman–Crippen LogP) is 5.05. The van der Waals surface area contributed by atoms with Crippen molar-refractivity contribution >= 4 is 17.6 Å². The molecule has 0 unspecified atom stereocenters. The number of ether oxygens (including phenoxy) is 2. The summed E-state index contributed by atoms with van der Waals surface area (Å²) in [5.74, 6) is -0.103. The molecule has 1 aliphatic carbocycles. The SMILES string of the molecule is CCOC(=O)C1(COc2cc(C)c(-c3cnc(-c4nc(C(F)(F)F)cn4CO)c(Cl)c3)cn2)CCC1. The number of aliphatic hydroxyl groups is 1. The lowest BCUT2D eigenvalue weighted by molar-refractivity contribution is -0.163. The van der Waals surface area contributed by atoms with Crippen molar-refractivity contribution in [3.8, 4) is 28.5 Å². The molecular weight excluding hydrogens is 501 g/mol. The Bertz CT molecular complexity index is 1270. The molecule has 1 saturated carbocycles. The molecule has 3 heterocycles. The molecule has 1 fully saturated rings. The van der Waals surface area contributed by atoms with Crippen LogP contribution in [0.1, 0.15) is 37.4 Å². The van der Waals surface area contributed by atoms with Crippen LogP contribution in [0.15, 0.2) is 30.7 Å². The third-order valence-corrected chi connectivity index (χ3v) is 6.47. The average molecular weight is 525 g/mol. The number of carbonyl (C=O) groups is 1. The minimum Gasteiger partial charge on any atom is -0.476 e. The fourth-order valence-electron chi connectivity index (χ4n) is 4.02. The van der Waals surface area contributed by atoms with Gasteiger partial charge in [-0.2, -0.15) is 13.2 Å². The van der Waals surface area contributed by atoms with Gasteiger partial charge in [0, 0.05) is 35.8 Å². The summed E-state index contributed by atoms with van der Waals surface area (Å²) in [7, 11) is 0. The molecule has 0 aliphatic heterocycles. The number of hydrogen-bond donors (Lipinski definition) is 1. The van der Waals surface area contributed by atoms with Crippen LogP contribution in [0.4, 0.5) is 13.2 Å². The normalized spacial score (nSPS) is 14.9. The van der Waals surface area contributed by atoms with Gasteiger partial charge in [-0.3, -0.25) is 9.78 Å². The van der Waals surface area contributed by atoms with Gasteiger partial charge in [0.05, 0.1) is 11.6 Å². The van der Waals surface area contributed by atoms with E-state index in [9.17, 15) is 23.1 Å². The Morgan fingerprint density at radius 1 is 1.25 bits per heavy atom. The van der Waals surface area contributed by atoms with E-state index in [1.807, 2.05) is 6.92 Å². The van der Waals surface area contributed by atoms with Gasteiger partial charge in [0.1, 0.15) is 24.4 Å². The first kappa shape index (κ1) is 25.9. The van der Waals surface area contributed by atoms with Crippen molar-refractivity contribution in [3.63, 3.8) is 0 Å². The molecule has 12 heteroatoms. The van der Waals surface area contributed by atoms with Crippen molar-refractivity contribution < 1.29 is 32.5 Å². The topological polar surface area (TPSA) is 99.4 Å². The fraction of sp³-hybridized carbons (Fsp3) is 0.417. The zero-order valence-corrected chi connectivity index (χ0v) is 20.4. The van der Waals surface area contributed by atoms with E-state index in [2.05, 4.69) is 15.0 Å². The average Bonchev–Trinajstić information content (AvgIpc) is 3.23.